The lowest BCUT2D eigenvalue weighted by Crippen LogP contribution is -2.26. The van der Waals surface area contributed by atoms with Gasteiger partial charge in [0.25, 0.3) is 0 Å². The van der Waals surface area contributed by atoms with Crippen LogP contribution in [0.1, 0.15) is 22.3 Å². The maximum absolute atomic E-state index is 10.0. The summed E-state index contributed by atoms with van der Waals surface area (Å²) in [5, 5.41) is 5.17. The summed E-state index contributed by atoms with van der Waals surface area (Å²) in [6.07, 6.45) is 0. The van der Waals surface area contributed by atoms with Crippen LogP contribution in [0.3, 0.4) is 0 Å². The molecule has 1 unspecified atom stereocenters. The quantitative estimate of drug-likeness (QED) is 0.193. The van der Waals surface area contributed by atoms with Crippen molar-refractivity contribution in [1.82, 2.24) is 0 Å². The van der Waals surface area contributed by atoms with E-state index in [1.165, 1.54) is 66.1 Å². The zero-order valence-electron chi connectivity index (χ0n) is 18.8. The topological polar surface area (TPSA) is 20.2 Å². The third kappa shape index (κ3) is 2.25. The van der Waals surface area contributed by atoms with Gasteiger partial charge in [-0.25, -0.2) is 0 Å². The SMILES string of the molecule is OSc1ccc2c(c1)C1(c3ccccc3-2)c2ccccc2-c2c1c1ccccc1c1ccccc21. The molecule has 1 N–H and O–H groups in total. The third-order valence-corrected chi connectivity index (χ3v) is 8.49. The van der Waals surface area contributed by atoms with Crippen LogP contribution < -0.4 is 0 Å². The molecular formula is C33H20OS. The summed E-state index contributed by atoms with van der Waals surface area (Å²) < 4.78 is 10.0. The van der Waals surface area contributed by atoms with Crippen molar-refractivity contribution in [1.29, 1.82) is 0 Å². The minimum absolute atomic E-state index is 0.437. The smallest absolute Gasteiger partial charge is 0.0732 e. The van der Waals surface area contributed by atoms with Crippen molar-refractivity contribution in [3.63, 3.8) is 0 Å². The van der Waals surface area contributed by atoms with Crippen molar-refractivity contribution in [2.24, 2.45) is 0 Å². The number of fused-ring (bicyclic) bond motifs is 15. The van der Waals surface area contributed by atoms with Gasteiger partial charge in [-0.3, -0.25) is 0 Å². The molecule has 0 amide bonds. The average Bonchev–Trinajstić information content (AvgIpc) is 3.40. The van der Waals surface area contributed by atoms with E-state index in [4.69, 9.17) is 0 Å². The molecule has 1 nitrogen and oxygen atoms in total. The molecule has 2 aliphatic rings. The molecule has 0 radical (unpaired) electrons. The van der Waals surface area contributed by atoms with Crippen LogP contribution in [0.25, 0.3) is 43.8 Å². The summed E-state index contributed by atoms with van der Waals surface area (Å²) in [4.78, 5) is 0.868. The van der Waals surface area contributed by atoms with Crippen molar-refractivity contribution in [2.75, 3.05) is 0 Å². The van der Waals surface area contributed by atoms with E-state index in [1.807, 2.05) is 6.07 Å². The summed E-state index contributed by atoms with van der Waals surface area (Å²) in [6, 6.07) is 41.9. The second-order valence-electron chi connectivity index (χ2n) is 9.48. The normalized spacial score (nSPS) is 16.9. The monoisotopic (exact) mass is 464 g/mol. The van der Waals surface area contributed by atoms with Gasteiger partial charge in [0, 0.05) is 16.9 Å². The summed E-state index contributed by atoms with van der Waals surface area (Å²) in [7, 11) is 0. The molecule has 2 aliphatic carbocycles. The first kappa shape index (κ1) is 19.5. The fraction of sp³-hybridized carbons (Fsp3) is 0.0303. The molecule has 0 bridgehead atoms. The average molecular weight is 465 g/mol. The Kier molecular flexibility index (Phi) is 3.81. The van der Waals surface area contributed by atoms with Gasteiger partial charge in [-0.2, -0.15) is 0 Å². The minimum Gasteiger partial charge on any atom is -0.325 e. The summed E-state index contributed by atoms with van der Waals surface area (Å²) >= 11 is 0.824. The third-order valence-electron chi connectivity index (χ3n) is 8.03. The summed E-state index contributed by atoms with van der Waals surface area (Å²) in [6.45, 7) is 0. The van der Waals surface area contributed by atoms with E-state index in [-0.39, 0.29) is 0 Å². The van der Waals surface area contributed by atoms with E-state index in [0.29, 0.717) is 0 Å². The van der Waals surface area contributed by atoms with Crippen LogP contribution in [0.15, 0.2) is 120 Å². The first-order valence-electron chi connectivity index (χ1n) is 11.9. The second-order valence-corrected chi connectivity index (χ2v) is 10.1. The molecule has 6 aromatic rings. The number of benzene rings is 6. The summed E-state index contributed by atoms with van der Waals surface area (Å²) in [5.41, 5.74) is 9.98. The molecule has 0 saturated heterocycles. The minimum atomic E-state index is -0.437. The van der Waals surface area contributed by atoms with E-state index >= 15 is 0 Å². The van der Waals surface area contributed by atoms with Crippen molar-refractivity contribution in [2.45, 2.75) is 10.3 Å². The predicted octanol–water partition coefficient (Wildman–Crippen LogP) is 8.90. The molecule has 0 aliphatic heterocycles. The van der Waals surface area contributed by atoms with Gasteiger partial charge in [0.1, 0.15) is 0 Å². The van der Waals surface area contributed by atoms with Gasteiger partial charge in [0.2, 0.25) is 0 Å². The fourth-order valence-corrected chi connectivity index (χ4v) is 7.15. The highest BCUT2D eigenvalue weighted by Crippen LogP contribution is 2.65. The van der Waals surface area contributed by atoms with E-state index in [1.54, 1.807) is 0 Å². The molecule has 164 valence electrons. The van der Waals surface area contributed by atoms with Crippen molar-refractivity contribution in [3.05, 3.63) is 138 Å². The molecule has 1 spiro atoms. The maximum Gasteiger partial charge on any atom is 0.0732 e. The van der Waals surface area contributed by atoms with E-state index < -0.39 is 5.41 Å². The molecule has 8 rings (SSSR count). The van der Waals surface area contributed by atoms with Gasteiger partial charge in [-0.1, -0.05) is 103 Å². The molecule has 1 atom stereocenters. The zero-order chi connectivity index (χ0) is 23.1. The Morgan fingerprint density at radius 1 is 0.486 bits per heavy atom. The van der Waals surface area contributed by atoms with Gasteiger partial charge in [-0.05, 0) is 78.2 Å². The maximum atomic E-state index is 10.0. The van der Waals surface area contributed by atoms with E-state index in [0.717, 1.165) is 16.9 Å². The molecule has 6 aromatic carbocycles. The van der Waals surface area contributed by atoms with Gasteiger partial charge in [0.05, 0.1) is 5.41 Å². The second kappa shape index (κ2) is 6.85. The van der Waals surface area contributed by atoms with Crippen molar-refractivity contribution in [3.8, 4) is 22.3 Å². The van der Waals surface area contributed by atoms with Gasteiger partial charge >= 0.3 is 0 Å². The molecule has 0 aromatic heterocycles. The molecule has 0 saturated carbocycles. The largest absolute Gasteiger partial charge is 0.325 e. The molecule has 0 heterocycles. The van der Waals surface area contributed by atoms with Crippen molar-refractivity contribution >= 4 is 33.6 Å². The Bertz CT molecular complexity index is 1850. The predicted molar refractivity (Wildman–Crippen MR) is 146 cm³/mol. The Labute approximate surface area is 207 Å². The van der Waals surface area contributed by atoms with Gasteiger partial charge in [-0.15, -0.1) is 0 Å². The Hall–Kier alpha value is -3.85. The lowest BCUT2D eigenvalue weighted by atomic mass is 9.69. The van der Waals surface area contributed by atoms with E-state index in [2.05, 4.69) is 109 Å². The van der Waals surface area contributed by atoms with Crippen LogP contribution in [-0.4, -0.2) is 4.55 Å². The molecular weight excluding hydrogens is 444 g/mol. The fourth-order valence-electron chi connectivity index (χ4n) is 6.85. The summed E-state index contributed by atoms with van der Waals surface area (Å²) in [5.74, 6) is 0. The highest BCUT2D eigenvalue weighted by molar-refractivity contribution is 7.93. The van der Waals surface area contributed by atoms with Crippen LogP contribution in [0.2, 0.25) is 0 Å². The number of hydrogen-bond acceptors (Lipinski definition) is 2. The van der Waals surface area contributed by atoms with Gasteiger partial charge in [0.15, 0.2) is 0 Å². The Morgan fingerprint density at radius 3 is 1.77 bits per heavy atom. The highest BCUT2D eigenvalue weighted by Gasteiger charge is 2.52. The molecule has 35 heavy (non-hydrogen) atoms. The first-order chi connectivity index (χ1) is 17.3. The van der Waals surface area contributed by atoms with Crippen LogP contribution in [0, 0.1) is 0 Å². The molecule has 2 heteroatoms. The van der Waals surface area contributed by atoms with E-state index in [9.17, 15) is 4.55 Å². The number of hydrogen-bond donors (Lipinski definition) is 1. The molecule has 0 fully saturated rings. The highest BCUT2D eigenvalue weighted by atomic mass is 32.2. The lowest BCUT2D eigenvalue weighted by Gasteiger charge is -2.32. The Balaban J connectivity index is 1.70. The van der Waals surface area contributed by atoms with Gasteiger partial charge < -0.3 is 4.55 Å². The lowest BCUT2D eigenvalue weighted by molar-refractivity contribution is 0.663. The first-order valence-corrected chi connectivity index (χ1v) is 12.7. The van der Waals surface area contributed by atoms with Crippen LogP contribution in [-0.2, 0) is 5.41 Å². The van der Waals surface area contributed by atoms with Crippen molar-refractivity contribution < 1.29 is 4.55 Å². The standard InChI is InChI=1S/C33H20OS/c34-35-20-17-18-24-23-11-5-7-15-28(23)33(30(24)19-20)29-16-8-6-14-27(29)31-25-12-3-1-9-21(25)22-10-2-4-13-26(22)32(31)33/h1-19,34H. The zero-order valence-corrected chi connectivity index (χ0v) is 19.6. The van der Waals surface area contributed by atoms with Crippen LogP contribution in [0.5, 0.6) is 0 Å². The number of rotatable bonds is 1. The van der Waals surface area contributed by atoms with Crippen LogP contribution >= 0.6 is 12.0 Å². The van der Waals surface area contributed by atoms with Crippen LogP contribution in [0.4, 0.5) is 0 Å². The Morgan fingerprint density at radius 2 is 1.03 bits per heavy atom.